The van der Waals surface area contributed by atoms with Gasteiger partial charge in [-0.25, -0.2) is 4.73 Å². The Kier molecular flexibility index (Phi) is 4.02. The van der Waals surface area contributed by atoms with E-state index in [4.69, 9.17) is 0 Å². The summed E-state index contributed by atoms with van der Waals surface area (Å²) in [6, 6.07) is 1.62. The van der Waals surface area contributed by atoms with Gasteiger partial charge in [0.05, 0.1) is 12.7 Å². The second-order valence-electron chi connectivity index (χ2n) is 2.90. The molecule has 4 heteroatoms. The molecule has 1 rings (SSSR count). The van der Waals surface area contributed by atoms with Crippen LogP contribution in [0.3, 0.4) is 0 Å². The van der Waals surface area contributed by atoms with Gasteiger partial charge in [0.1, 0.15) is 6.20 Å². The van der Waals surface area contributed by atoms with Crippen molar-refractivity contribution in [1.29, 1.82) is 0 Å². The zero-order valence-corrected chi connectivity index (χ0v) is 7.86. The Hall–Kier alpha value is -1.32. The zero-order valence-electron chi connectivity index (χ0n) is 7.86. The summed E-state index contributed by atoms with van der Waals surface area (Å²) in [5.74, 6) is 0.388. The number of hydrogen-bond acceptors (Lipinski definition) is 3. The molecule has 1 N–H and O–H groups in total. The number of rotatable bonds is 5. The molecule has 0 spiro atoms. The molecule has 0 amide bonds. The molecular weight excluding hydrogens is 166 g/mol. The van der Waals surface area contributed by atoms with Crippen LogP contribution >= 0.6 is 0 Å². The van der Waals surface area contributed by atoms with Crippen molar-refractivity contribution in [2.75, 3.05) is 11.9 Å². The van der Waals surface area contributed by atoms with Gasteiger partial charge in [0, 0.05) is 6.07 Å². The predicted molar refractivity (Wildman–Crippen MR) is 51.2 cm³/mol. The molecule has 0 unspecified atom stereocenters. The maximum atomic E-state index is 11.1. The smallest absolute Gasteiger partial charge is 0.391 e. The van der Waals surface area contributed by atoms with E-state index in [-0.39, 0.29) is 0 Å². The second kappa shape index (κ2) is 5.35. The van der Waals surface area contributed by atoms with Crippen LogP contribution in [0.1, 0.15) is 26.2 Å². The molecule has 0 aromatic carbocycles. The van der Waals surface area contributed by atoms with Crippen LogP contribution in [0.5, 0.6) is 0 Å². The lowest BCUT2D eigenvalue weighted by Crippen LogP contribution is -2.31. The van der Waals surface area contributed by atoms with Crippen LogP contribution in [0.25, 0.3) is 0 Å². The SMILES string of the molecule is CCCCCNc1nccc[n+]1[O-]. The predicted octanol–water partition coefficient (Wildman–Crippen LogP) is 1.32. The van der Waals surface area contributed by atoms with Crippen molar-refractivity contribution >= 4 is 5.95 Å². The van der Waals surface area contributed by atoms with Crippen LogP contribution in [-0.4, -0.2) is 11.5 Å². The molecule has 0 atom stereocenters. The minimum absolute atomic E-state index is 0.388. The monoisotopic (exact) mass is 181 g/mol. The molecule has 0 radical (unpaired) electrons. The van der Waals surface area contributed by atoms with Gasteiger partial charge < -0.3 is 5.21 Å². The van der Waals surface area contributed by atoms with Gasteiger partial charge in [-0.05, 0) is 6.42 Å². The van der Waals surface area contributed by atoms with E-state index in [2.05, 4.69) is 17.2 Å². The van der Waals surface area contributed by atoms with Crippen molar-refractivity contribution in [2.45, 2.75) is 26.2 Å². The fraction of sp³-hybridized carbons (Fsp3) is 0.556. The topological polar surface area (TPSA) is 51.9 Å². The van der Waals surface area contributed by atoms with Crippen LogP contribution in [0.4, 0.5) is 5.95 Å². The highest BCUT2D eigenvalue weighted by atomic mass is 16.5. The normalized spacial score (nSPS) is 9.92. The summed E-state index contributed by atoms with van der Waals surface area (Å²) in [5.41, 5.74) is 0. The highest BCUT2D eigenvalue weighted by molar-refractivity contribution is 5.14. The van der Waals surface area contributed by atoms with Crippen LogP contribution in [-0.2, 0) is 0 Å². The van der Waals surface area contributed by atoms with Gasteiger partial charge in [-0.1, -0.05) is 24.7 Å². The third-order valence-corrected chi connectivity index (χ3v) is 1.78. The van der Waals surface area contributed by atoms with Gasteiger partial charge in [-0.3, -0.25) is 5.32 Å². The lowest BCUT2D eigenvalue weighted by molar-refractivity contribution is -0.593. The van der Waals surface area contributed by atoms with Crippen LogP contribution in [0.15, 0.2) is 18.5 Å². The minimum atomic E-state index is 0.388. The zero-order chi connectivity index (χ0) is 9.52. The van der Waals surface area contributed by atoms with E-state index in [1.54, 1.807) is 12.3 Å². The molecule has 0 fully saturated rings. The van der Waals surface area contributed by atoms with Gasteiger partial charge in [0.15, 0.2) is 0 Å². The summed E-state index contributed by atoms with van der Waals surface area (Å²) in [6.07, 6.45) is 6.48. The largest absolute Gasteiger partial charge is 0.740 e. The molecule has 0 saturated carbocycles. The molecule has 0 saturated heterocycles. The lowest BCUT2D eigenvalue weighted by atomic mass is 10.2. The summed E-state index contributed by atoms with van der Waals surface area (Å²) in [4.78, 5) is 3.92. The molecule has 4 nitrogen and oxygen atoms in total. The molecule has 1 heterocycles. The molecule has 1 aromatic heterocycles. The lowest BCUT2D eigenvalue weighted by Gasteiger charge is -2.06. The molecule has 72 valence electrons. The maximum Gasteiger partial charge on any atom is 0.391 e. The van der Waals surface area contributed by atoms with E-state index in [9.17, 15) is 5.21 Å². The minimum Gasteiger partial charge on any atom is -0.740 e. The van der Waals surface area contributed by atoms with Crippen molar-refractivity contribution in [1.82, 2.24) is 4.98 Å². The molecule has 13 heavy (non-hydrogen) atoms. The van der Waals surface area contributed by atoms with Gasteiger partial charge in [0.2, 0.25) is 0 Å². The Balaban J connectivity index is 2.32. The van der Waals surface area contributed by atoms with E-state index in [1.165, 1.54) is 19.0 Å². The number of anilines is 1. The first-order valence-corrected chi connectivity index (χ1v) is 4.62. The summed E-state index contributed by atoms with van der Waals surface area (Å²) in [6.45, 7) is 2.96. The first-order valence-electron chi connectivity index (χ1n) is 4.62. The molecule has 0 aliphatic carbocycles. The van der Waals surface area contributed by atoms with Crippen molar-refractivity contribution in [3.63, 3.8) is 0 Å². The Morgan fingerprint density at radius 3 is 3.08 bits per heavy atom. The number of aromatic nitrogens is 2. The third-order valence-electron chi connectivity index (χ3n) is 1.78. The van der Waals surface area contributed by atoms with E-state index in [0.29, 0.717) is 5.95 Å². The highest BCUT2D eigenvalue weighted by Crippen LogP contribution is 1.96. The van der Waals surface area contributed by atoms with Gasteiger partial charge in [0.25, 0.3) is 0 Å². The van der Waals surface area contributed by atoms with E-state index >= 15 is 0 Å². The highest BCUT2D eigenvalue weighted by Gasteiger charge is 2.01. The van der Waals surface area contributed by atoms with Gasteiger partial charge in [-0.15, -0.1) is 0 Å². The first-order chi connectivity index (χ1) is 6.34. The number of nitrogens with zero attached hydrogens (tertiary/aromatic N) is 2. The maximum absolute atomic E-state index is 11.1. The van der Waals surface area contributed by atoms with E-state index in [0.717, 1.165) is 17.7 Å². The van der Waals surface area contributed by atoms with E-state index < -0.39 is 0 Å². The first kappa shape index (κ1) is 9.77. The number of hydrogen-bond donors (Lipinski definition) is 1. The molecule has 0 aliphatic heterocycles. The van der Waals surface area contributed by atoms with Crippen molar-refractivity contribution in [3.05, 3.63) is 23.7 Å². The average Bonchev–Trinajstić information content (AvgIpc) is 2.15. The van der Waals surface area contributed by atoms with Crippen molar-refractivity contribution in [2.24, 2.45) is 0 Å². The van der Waals surface area contributed by atoms with Crippen molar-refractivity contribution in [3.8, 4) is 0 Å². The number of unbranched alkanes of at least 4 members (excludes halogenated alkanes) is 2. The fourth-order valence-electron chi connectivity index (χ4n) is 1.06. The second-order valence-corrected chi connectivity index (χ2v) is 2.90. The Bertz CT molecular complexity index is 252. The molecule has 1 aromatic rings. The van der Waals surface area contributed by atoms with Gasteiger partial charge in [-0.2, -0.15) is 0 Å². The third kappa shape index (κ3) is 3.27. The Morgan fingerprint density at radius 1 is 1.54 bits per heavy atom. The summed E-state index contributed by atoms with van der Waals surface area (Å²) < 4.78 is 0.742. The van der Waals surface area contributed by atoms with Crippen LogP contribution in [0.2, 0.25) is 0 Å². The van der Waals surface area contributed by atoms with Crippen LogP contribution < -0.4 is 10.0 Å². The van der Waals surface area contributed by atoms with Gasteiger partial charge >= 0.3 is 5.95 Å². The fourth-order valence-corrected chi connectivity index (χ4v) is 1.06. The Morgan fingerprint density at radius 2 is 2.38 bits per heavy atom. The number of nitrogens with one attached hydrogen (secondary N) is 1. The quantitative estimate of drug-likeness (QED) is 0.423. The molecule has 0 bridgehead atoms. The van der Waals surface area contributed by atoms with Crippen LogP contribution in [0, 0.1) is 5.21 Å². The van der Waals surface area contributed by atoms with E-state index in [1.807, 2.05) is 0 Å². The summed E-state index contributed by atoms with van der Waals surface area (Å²) in [5, 5.41) is 14.1. The molecular formula is C9H15N3O. The summed E-state index contributed by atoms with van der Waals surface area (Å²) >= 11 is 0. The average molecular weight is 181 g/mol. The summed E-state index contributed by atoms with van der Waals surface area (Å²) in [7, 11) is 0. The Labute approximate surface area is 78.2 Å². The standard InChI is InChI=1S/C9H15N3O/c1-2-3-4-6-10-9-11-7-5-8-12(9)13/h5,7-8H,2-4,6H2,1H3,(H,10,11). The molecule has 0 aliphatic rings. The van der Waals surface area contributed by atoms with Crippen molar-refractivity contribution < 1.29 is 4.73 Å².